The number of aliphatic imine (C=N–C) groups is 2. The number of nitrogens with one attached hydrogen (secondary N) is 1. The molecule has 1 aromatic heterocycles. The zero-order valence-corrected chi connectivity index (χ0v) is 27.0. The number of benzene rings is 6. The lowest BCUT2D eigenvalue weighted by Crippen LogP contribution is -2.36. The second kappa shape index (κ2) is 11.2. The Labute approximate surface area is 290 Å². The third-order valence-corrected chi connectivity index (χ3v) is 10.1. The minimum atomic E-state index is -0.466. The van der Waals surface area contributed by atoms with E-state index in [0.717, 1.165) is 56.7 Å². The third kappa shape index (κ3) is 4.30. The molecule has 1 spiro atoms. The number of aromatic nitrogens is 1. The smallest absolute Gasteiger partial charge is 0.186 e. The van der Waals surface area contributed by atoms with Crippen molar-refractivity contribution in [1.29, 1.82) is 0 Å². The lowest BCUT2D eigenvalue weighted by molar-refractivity contribution is 0.436. The molecule has 0 bridgehead atoms. The molecule has 1 N–H and O–H groups in total. The number of rotatable bonds is 4. The first-order valence-corrected chi connectivity index (χ1v) is 16.9. The van der Waals surface area contributed by atoms with Crippen molar-refractivity contribution in [3.8, 4) is 33.8 Å². The van der Waals surface area contributed by atoms with Crippen molar-refractivity contribution in [2.75, 3.05) is 0 Å². The molecule has 6 aromatic carbocycles. The zero-order chi connectivity index (χ0) is 33.1. The van der Waals surface area contributed by atoms with Gasteiger partial charge in [-0.15, -0.1) is 0 Å². The van der Waals surface area contributed by atoms with Crippen molar-refractivity contribution >= 4 is 11.7 Å². The van der Waals surface area contributed by atoms with Crippen LogP contribution in [0.15, 0.2) is 180 Å². The van der Waals surface area contributed by atoms with E-state index in [4.69, 9.17) is 14.7 Å². The van der Waals surface area contributed by atoms with Crippen LogP contribution in [0.2, 0.25) is 0 Å². The maximum atomic E-state index is 6.73. The minimum absolute atomic E-state index is 0.443. The number of fused-ring (bicyclic) bond motifs is 9. The standard InChI is InChI=1S/C45H30N4O/c1-2-12-30(13-3-1)42-47-43(49-44(48-42)39-19-10-11-27-46-39)31-23-21-29(22-24-31)32-25-26-38-41(28-32)50-40-20-9-8-18-37(40)45(38)35-16-6-4-14-33(35)34-15-5-7-17-36(34)45/h1-28,44H,(H,47,48,49). The van der Waals surface area contributed by atoms with Crippen molar-refractivity contribution in [3.05, 3.63) is 209 Å². The van der Waals surface area contributed by atoms with Crippen LogP contribution in [0.1, 0.15) is 45.2 Å². The largest absolute Gasteiger partial charge is 0.457 e. The van der Waals surface area contributed by atoms with Crippen LogP contribution < -0.4 is 10.1 Å². The van der Waals surface area contributed by atoms with Gasteiger partial charge in [0.1, 0.15) is 23.2 Å². The molecule has 0 saturated heterocycles. The fraction of sp³-hybridized carbons (Fsp3) is 0.0444. The molecular weight excluding hydrogens is 613 g/mol. The molecule has 5 heteroatoms. The van der Waals surface area contributed by atoms with Crippen molar-refractivity contribution in [2.45, 2.75) is 11.6 Å². The minimum Gasteiger partial charge on any atom is -0.457 e. The number of para-hydroxylation sites is 1. The molecular formula is C45H30N4O. The molecule has 1 aliphatic carbocycles. The zero-order valence-electron chi connectivity index (χ0n) is 27.0. The van der Waals surface area contributed by atoms with Gasteiger partial charge in [0.15, 0.2) is 6.17 Å². The van der Waals surface area contributed by atoms with Gasteiger partial charge in [-0.2, -0.15) is 0 Å². The molecule has 0 fully saturated rings. The average molecular weight is 643 g/mol. The molecule has 10 rings (SSSR count). The maximum Gasteiger partial charge on any atom is 0.186 e. The number of hydrogen-bond acceptors (Lipinski definition) is 5. The molecule has 3 aliphatic rings. The Morgan fingerprint density at radius 1 is 0.460 bits per heavy atom. The van der Waals surface area contributed by atoms with Crippen LogP contribution in [0, 0.1) is 0 Å². The van der Waals surface area contributed by atoms with Gasteiger partial charge in [0.2, 0.25) is 0 Å². The molecule has 7 aromatic rings. The van der Waals surface area contributed by atoms with E-state index in [2.05, 4.69) is 138 Å². The lowest BCUT2D eigenvalue weighted by Gasteiger charge is -2.39. The lowest BCUT2D eigenvalue weighted by atomic mass is 9.66. The molecule has 5 nitrogen and oxygen atoms in total. The normalized spacial score (nSPS) is 16.1. The Morgan fingerprint density at radius 3 is 1.72 bits per heavy atom. The molecule has 3 heterocycles. The van der Waals surface area contributed by atoms with E-state index in [9.17, 15) is 0 Å². The highest BCUT2D eigenvalue weighted by Crippen LogP contribution is 2.62. The Kier molecular flexibility index (Phi) is 6.39. The number of pyridine rings is 1. The molecule has 2 aliphatic heterocycles. The summed E-state index contributed by atoms with van der Waals surface area (Å²) in [4.78, 5) is 14.5. The first kappa shape index (κ1) is 28.4. The van der Waals surface area contributed by atoms with Gasteiger partial charge in [0.05, 0.1) is 11.1 Å². The van der Waals surface area contributed by atoms with Crippen LogP contribution >= 0.6 is 0 Å². The van der Waals surface area contributed by atoms with E-state index in [0.29, 0.717) is 0 Å². The van der Waals surface area contributed by atoms with E-state index in [1.165, 1.54) is 27.8 Å². The Bertz CT molecular complexity index is 2440. The summed E-state index contributed by atoms with van der Waals surface area (Å²) >= 11 is 0. The predicted molar refractivity (Wildman–Crippen MR) is 199 cm³/mol. The van der Waals surface area contributed by atoms with E-state index < -0.39 is 11.6 Å². The summed E-state index contributed by atoms with van der Waals surface area (Å²) in [6, 6.07) is 57.3. The van der Waals surface area contributed by atoms with Crippen LogP contribution in [0.3, 0.4) is 0 Å². The van der Waals surface area contributed by atoms with Gasteiger partial charge in [-0.25, -0.2) is 9.98 Å². The second-order valence-electron chi connectivity index (χ2n) is 12.8. The summed E-state index contributed by atoms with van der Waals surface area (Å²) in [6.45, 7) is 0. The topological polar surface area (TPSA) is 58.9 Å². The monoisotopic (exact) mass is 642 g/mol. The van der Waals surface area contributed by atoms with Crippen molar-refractivity contribution in [2.24, 2.45) is 9.98 Å². The third-order valence-electron chi connectivity index (χ3n) is 10.1. The summed E-state index contributed by atoms with van der Waals surface area (Å²) in [5.41, 5.74) is 11.9. The summed E-state index contributed by atoms with van der Waals surface area (Å²) in [5.74, 6) is 3.29. The number of amidine groups is 2. The van der Waals surface area contributed by atoms with E-state index in [1.54, 1.807) is 6.20 Å². The van der Waals surface area contributed by atoms with Crippen LogP contribution in [0.25, 0.3) is 22.3 Å². The number of nitrogens with zero attached hydrogens (tertiary/aromatic N) is 3. The van der Waals surface area contributed by atoms with Gasteiger partial charge in [0.25, 0.3) is 0 Å². The number of ether oxygens (including phenoxy) is 1. The average Bonchev–Trinajstić information content (AvgIpc) is 3.49. The summed E-state index contributed by atoms with van der Waals surface area (Å²) in [7, 11) is 0. The summed E-state index contributed by atoms with van der Waals surface area (Å²) < 4.78 is 6.73. The Morgan fingerprint density at radius 2 is 1.02 bits per heavy atom. The van der Waals surface area contributed by atoms with Crippen molar-refractivity contribution < 1.29 is 4.74 Å². The first-order chi connectivity index (χ1) is 24.8. The van der Waals surface area contributed by atoms with E-state index in [-0.39, 0.29) is 0 Å². The quantitative estimate of drug-likeness (QED) is 0.208. The van der Waals surface area contributed by atoms with E-state index in [1.807, 2.05) is 36.4 Å². The molecule has 0 saturated carbocycles. The molecule has 50 heavy (non-hydrogen) atoms. The van der Waals surface area contributed by atoms with Gasteiger partial charge in [-0.05, 0) is 57.6 Å². The molecule has 0 radical (unpaired) electrons. The van der Waals surface area contributed by atoms with Crippen LogP contribution in [-0.2, 0) is 5.41 Å². The van der Waals surface area contributed by atoms with Crippen LogP contribution in [-0.4, -0.2) is 16.7 Å². The highest BCUT2D eigenvalue weighted by Gasteiger charge is 2.50. The molecule has 0 amide bonds. The van der Waals surface area contributed by atoms with Gasteiger partial charge < -0.3 is 10.1 Å². The second-order valence-corrected chi connectivity index (χ2v) is 12.8. The van der Waals surface area contributed by atoms with Gasteiger partial charge >= 0.3 is 0 Å². The number of hydrogen-bond donors (Lipinski definition) is 1. The van der Waals surface area contributed by atoms with E-state index >= 15 is 0 Å². The van der Waals surface area contributed by atoms with Crippen molar-refractivity contribution in [3.63, 3.8) is 0 Å². The van der Waals surface area contributed by atoms with Crippen LogP contribution in [0.4, 0.5) is 0 Å². The predicted octanol–water partition coefficient (Wildman–Crippen LogP) is 9.71. The first-order valence-electron chi connectivity index (χ1n) is 16.9. The molecule has 1 unspecified atom stereocenters. The Balaban J connectivity index is 1.05. The summed E-state index contributed by atoms with van der Waals surface area (Å²) in [5, 5.41) is 3.49. The Hall–Kier alpha value is -6.59. The molecule has 236 valence electrons. The highest BCUT2D eigenvalue weighted by molar-refractivity contribution is 6.16. The molecule has 1 atom stereocenters. The van der Waals surface area contributed by atoms with Crippen LogP contribution in [0.5, 0.6) is 11.5 Å². The SMILES string of the molecule is c1ccc(C2=NC(c3ccccn3)N=C(c3ccc(-c4ccc5c(c4)Oc4ccccc4C54c5ccccc5-c5ccccc54)cc3)N2)cc1. The van der Waals surface area contributed by atoms with Gasteiger partial charge in [-0.1, -0.05) is 140 Å². The fourth-order valence-electron chi connectivity index (χ4n) is 7.86. The summed E-state index contributed by atoms with van der Waals surface area (Å²) in [6.07, 6.45) is 1.34. The van der Waals surface area contributed by atoms with Gasteiger partial charge in [0, 0.05) is 28.5 Å². The van der Waals surface area contributed by atoms with Gasteiger partial charge in [-0.3, -0.25) is 4.98 Å². The van der Waals surface area contributed by atoms with Crippen molar-refractivity contribution in [1.82, 2.24) is 10.3 Å². The maximum absolute atomic E-state index is 6.73. The highest BCUT2D eigenvalue weighted by atomic mass is 16.5. The fourth-order valence-corrected chi connectivity index (χ4v) is 7.86.